The first-order chi connectivity index (χ1) is 12.5. The number of anilines is 1. The molecule has 0 aliphatic rings. The number of sulfone groups is 1. The molecule has 0 aromatic heterocycles. The van der Waals surface area contributed by atoms with Gasteiger partial charge in [-0.05, 0) is 36.4 Å². The molecule has 146 valence electrons. The van der Waals surface area contributed by atoms with E-state index in [9.17, 15) is 26.4 Å². The number of rotatable bonds is 4. The van der Waals surface area contributed by atoms with E-state index in [0.29, 0.717) is 15.5 Å². The van der Waals surface area contributed by atoms with E-state index in [2.05, 4.69) is 10.6 Å². The lowest BCUT2D eigenvalue weighted by Crippen LogP contribution is -2.24. The summed E-state index contributed by atoms with van der Waals surface area (Å²) in [5.74, 6) is 0. The Morgan fingerprint density at radius 2 is 1.59 bits per heavy atom. The van der Waals surface area contributed by atoms with Gasteiger partial charge in [-0.1, -0.05) is 35.0 Å². The minimum atomic E-state index is -5.41. The van der Waals surface area contributed by atoms with Crippen molar-refractivity contribution >= 4 is 56.5 Å². The van der Waals surface area contributed by atoms with Gasteiger partial charge in [0.25, 0.3) is 9.84 Å². The van der Waals surface area contributed by atoms with Crippen molar-refractivity contribution in [1.29, 1.82) is 0 Å². The molecule has 0 heterocycles. The maximum absolute atomic E-state index is 12.6. The monoisotopic (exact) mass is 458 g/mol. The van der Waals surface area contributed by atoms with Crippen LogP contribution in [0, 0.1) is 0 Å². The van der Waals surface area contributed by atoms with E-state index < -0.39 is 26.3 Å². The molecule has 2 rings (SSSR count). The van der Waals surface area contributed by atoms with Crippen molar-refractivity contribution in [2.75, 3.05) is 12.4 Å². The number of hydrogen-bond acceptors (Lipinski definition) is 4. The molecule has 2 amide bonds. The summed E-state index contributed by atoms with van der Waals surface area (Å²) in [4.78, 5) is 11.3. The zero-order chi connectivity index (χ0) is 20.4. The van der Waals surface area contributed by atoms with Crippen LogP contribution in [0.1, 0.15) is 0 Å². The number of urea groups is 1. The van der Waals surface area contributed by atoms with Gasteiger partial charge in [0.15, 0.2) is 0 Å². The van der Waals surface area contributed by atoms with Gasteiger partial charge in [-0.15, -0.1) is 0 Å². The number of hydrogen-bond donors (Lipinski definition) is 2. The molecule has 12 heteroatoms. The van der Waals surface area contributed by atoms with E-state index >= 15 is 0 Å². The second-order valence-corrected chi connectivity index (χ2v) is 8.84. The summed E-state index contributed by atoms with van der Waals surface area (Å²) in [6.07, 6.45) is 0. The molecule has 0 aliphatic carbocycles. The van der Waals surface area contributed by atoms with Gasteiger partial charge >= 0.3 is 11.5 Å². The highest BCUT2D eigenvalue weighted by Gasteiger charge is 2.46. The first kappa shape index (κ1) is 21.7. The number of halogens is 5. The maximum Gasteiger partial charge on any atom is 0.501 e. The van der Waals surface area contributed by atoms with E-state index in [4.69, 9.17) is 23.2 Å². The van der Waals surface area contributed by atoms with Gasteiger partial charge < -0.3 is 10.6 Å². The Hall–Kier alpha value is -1.62. The zero-order valence-electron chi connectivity index (χ0n) is 13.4. The third-order valence-corrected chi connectivity index (χ3v) is 6.62. The highest BCUT2D eigenvalue weighted by atomic mass is 35.5. The maximum atomic E-state index is 12.6. The first-order valence-corrected chi connectivity index (χ1v) is 10.1. The second kappa shape index (κ2) is 8.17. The Morgan fingerprint density at radius 3 is 2.04 bits per heavy atom. The SMILES string of the molecule is CNC(=O)Nc1cc(Cl)c(Sc2ccc(S(=O)(=O)C(F)(F)F)cc2)c(Cl)c1. The molecule has 2 aromatic carbocycles. The Kier molecular flexibility index (Phi) is 6.56. The molecule has 0 unspecified atom stereocenters. The van der Waals surface area contributed by atoms with Crippen molar-refractivity contribution in [2.24, 2.45) is 0 Å². The summed E-state index contributed by atoms with van der Waals surface area (Å²) in [6.45, 7) is 0. The Balaban J connectivity index is 2.26. The average Bonchev–Trinajstić information content (AvgIpc) is 2.57. The number of nitrogens with one attached hydrogen (secondary N) is 2. The quantitative estimate of drug-likeness (QED) is 0.660. The van der Waals surface area contributed by atoms with Crippen molar-refractivity contribution in [3.8, 4) is 0 Å². The van der Waals surface area contributed by atoms with Crippen molar-refractivity contribution in [2.45, 2.75) is 20.2 Å². The largest absolute Gasteiger partial charge is 0.501 e. The summed E-state index contributed by atoms with van der Waals surface area (Å²) in [5, 5.41) is 5.27. The van der Waals surface area contributed by atoms with Gasteiger partial charge in [0.05, 0.1) is 14.9 Å². The third-order valence-electron chi connectivity index (χ3n) is 3.14. The van der Waals surface area contributed by atoms with Gasteiger partial charge in [0, 0.05) is 22.5 Å². The van der Waals surface area contributed by atoms with E-state index in [1.165, 1.54) is 31.3 Å². The van der Waals surface area contributed by atoms with Crippen LogP contribution < -0.4 is 10.6 Å². The molecule has 0 aliphatic heterocycles. The Morgan fingerprint density at radius 1 is 1.07 bits per heavy atom. The van der Waals surface area contributed by atoms with E-state index in [1.807, 2.05) is 0 Å². The van der Waals surface area contributed by atoms with E-state index in [0.717, 1.165) is 23.9 Å². The number of amides is 2. The second-order valence-electron chi connectivity index (χ2n) is 5.00. The molecule has 5 nitrogen and oxygen atoms in total. The lowest BCUT2D eigenvalue weighted by atomic mass is 10.3. The molecule has 27 heavy (non-hydrogen) atoms. The van der Waals surface area contributed by atoms with Gasteiger partial charge in [0.2, 0.25) is 0 Å². The fourth-order valence-corrected chi connectivity index (χ4v) is 4.16. The summed E-state index contributed by atoms with van der Waals surface area (Å²) in [5.41, 5.74) is -5.03. The molecule has 2 aromatic rings. The molecule has 0 bridgehead atoms. The fraction of sp³-hybridized carbons (Fsp3) is 0.133. The van der Waals surface area contributed by atoms with Gasteiger partial charge in [-0.25, -0.2) is 13.2 Å². The molecular formula is C15H11Cl2F3N2O3S2. The fourth-order valence-electron chi connectivity index (χ4n) is 1.86. The molecule has 0 spiro atoms. The van der Waals surface area contributed by atoms with Crippen molar-refractivity contribution in [3.63, 3.8) is 0 Å². The van der Waals surface area contributed by atoms with Crippen LogP contribution >= 0.6 is 35.0 Å². The first-order valence-electron chi connectivity index (χ1n) is 7.02. The van der Waals surface area contributed by atoms with Gasteiger partial charge in [-0.2, -0.15) is 13.2 Å². The highest BCUT2D eigenvalue weighted by Crippen LogP contribution is 2.41. The third kappa shape index (κ3) is 5.01. The van der Waals surface area contributed by atoms with Gasteiger partial charge in [-0.3, -0.25) is 0 Å². The molecule has 0 fully saturated rings. The van der Waals surface area contributed by atoms with Crippen LogP contribution in [0.15, 0.2) is 51.1 Å². The van der Waals surface area contributed by atoms with Gasteiger partial charge in [0.1, 0.15) is 0 Å². The molecular weight excluding hydrogens is 448 g/mol. The van der Waals surface area contributed by atoms with Crippen LogP contribution in [0.4, 0.5) is 23.7 Å². The summed E-state index contributed by atoms with van der Waals surface area (Å²) < 4.78 is 60.4. The summed E-state index contributed by atoms with van der Waals surface area (Å²) in [6, 6.07) is 6.58. The van der Waals surface area contributed by atoms with Crippen LogP contribution in [-0.4, -0.2) is 27.0 Å². The predicted molar refractivity (Wildman–Crippen MR) is 98.3 cm³/mol. The topological polar surface area (TPSA) is 75.3 Å². The molecule has 0 radical (unpaired) electrons. The number of carbonyl (C=O) groups is 1. The Bertz CT molecular complexity index is 942. The number of carbonyl (C=O) groups excluding carboxylic acids is 1. The van der Waals surface area contributed by atoms with E-state index in [1.54, 1.807) is 0 Å². The van der Waals surface area contributed by atoms with E-state index in [-0.39, 0.29) is 10.0 Å². The van der Waals surface area contributed by atoms with Crippen molar-refractivity contribution in [3.05, 3.63) is 46.4 Å². The molecule has 0 atom stereocenters. The standard InChI is InChI=1S/C15H11Cl2F3N2O3S2/c1-21-14(23)22-8-6-11(16)13(12(17)7-8)26-9-2-4-10(5-3-9)27(24,25)15(18,19)20/h2-7H,1H3,(H2,21,22,23). The van der Waals surface area contributed by atoms with Crippen LogP contribution in [0.5, 0.6) is 0 Å². The number of benzene rings is 2. The lowest BCUT2D eigenvalue weighted by Gasteiger charge is -2.11. The normalized spacial score (nSPS) is 11.9. The smallest absolute Gasteiger partial charge is 0.341 e. The summed E-state index contributed by atoms with van der Waals surface area (Å²) >= 11 is 13.3. The lowest BCUT2D eigenvalue weighted by molar-refractivity contribution is -0.0436. The zero-order valence-corrected chi connectivity index (χ0v) is 16.5. The van der Waals surface area contributed by atoms with Crippen LogP contribution in [-0.2, 0) is 9.84 Å². The van der Waals surface area contributed by atoms with Crippen LogP contribution in [0.3, 0.4) is 0 Å². The highest BCUT2D eigenvalue weighted by molar-refractivity contribution is 7.99. The summed E-state index contributed by atoms with van der Waals surface area (Å²) in [7, 11) is -3.97. The minimum Gasteiger partial charge on any atom is -0.341 e. The predicted octanol–water partition coefficient (Wildman–Crippen LogP) is 5.19. The van der Waals surface area contributed by atoms with Crippen molar-refractivity contribution in [1.82, 2.24) is 5.32 Å². The van der Waals surface area contributed by atoms with Crippen molar-refractivity contribution < 1.29 is 26.4 Å². The molecule has 2 N–H and O–H groups in total. The molecule has 0 saturated heterocycles. The average molecular weight is 459 g/mol. The molecule has 0 saturated carbocycles. The minimum absolute atomic E-state index is 0.200. The van der Waals surface area contributed by atoms with Crippen LogP contribution in [0.25, 0.3) is 0 Å². The Labute approximate surface area is 167 Å². The van der Waals surface area contributed by atoms with Crippen LogP contribution in [0.2, 0.25) is 10.0 Å². The number of alkyl halides is 3.